The van der Waals surface area contributed by atoms with Crippen molar-refractivity contribution in [2.75, 3.05) is 11.5 Å². The quantitative estimate of drug-likeness (QED) is 0.400. The Morgan fingerprint density at radius 2 is 1.59 bits per heavy atom. The van der Waals surface area contributed by atoms with Crippen LogP contribution >= 0.6 is 0 Å². The summed E-state index contributed by atoms with van der Waals surface area (Å²) in [6.07, 6.45) is 6.57. The topological polar surface area (TPSA) is 104 Å². The average molecular weight is 232 g/mol. The molecule has 0 amide bonds. The zero-order valence-electron chi connectivity index (χ0n) is 10.1. The van der Waals surface area contributed by atoms with Crippen molar-refractivity contribution in [3.63, 3.8) is 0 Å². The van der Waals surface area contributed by atoms with E-state index in [2.05, 4.69) is 0 Å². The molecule has 1 aliphatic rings. The van der Waals surface area contributed by atoms with Crippen molar-refractivity contribution in [3.05, 3.63) is 48.1 Å². The summed E-state index contributed by atoms with van der Waals surface area (Å²) >= 11 is 0. The molecular weight excluding hydrogens is 212 g/mol. The number of rotatable bonds is 0. The number of allylic oxidation sites excluding steroid dienone is 2. The Bertz CT molecular complexity index is 412. The fourth-order valence-corrected chi connectivity index (χ4v) is 1.27. The van der Waals surface area contributed by atoms with Crippen molar-refractivity contribution >= 4 is 11.4 Å². The molecule has 0 bridgehead atoms. The van der Waals surface area contributed by atoms with Crippen LogP contribution in [0.15, 0.2) is 48.1 Å². The second-order valence-corrected chi connectivity index (χ2v) is 4.23. The lowest BCUT2D eigenvalue weighted by molar-refractivity contribution is 0.554. The maximum atomic E-state index is 5.59. The van der Waals surface area contributed by atoms with E-state index in [4.69, 9.17) is 22.9 Å². The van der Waals surface area contributed by atoms with E-state index in [1.165, 1.54) is 5.57 Å². The molecular formula is C13H20N4. The van der Waals surface area contributed by atoms with Gasteiger partial charge < -0.3 is 22.9 Å². The first-order valence-corrected chi connectivity index (χ1v) is 5.44. The molecule has 0 saturated heterocycles. The molecule has 0 radical (unpaired) electrons. The van der Waals surface area contributed by atoms with Gasteiger partial charge in [0.2, 0.25) is 0 Å². The smallest absolute Gasteiger partial charge is 0.0867 e. The minimum Gasteiger partial charge on any atom is -0.397 e. The van der Waals surface area contributed by atoms with Crippen LogP contribution in [-0.2, 0) is 0 Å². The molecule has 2 rings (SSSR count). The number of hydrogen-bond acceptors (Lipinski definition) is 4. The Balaban J connectivity index is 0.000000171. The number of nitrogen functional groups attached to an aromatic ring is 2. The van der Waals surface area contributed by atoms with Gasteiger partial charge in [-0.05, 0) is 25.1 Å². The fourth-order valence-electron chi connectivity index (χ4n) is 1.27. The monoisotopic (exact) mass is 232 g/mol. The van der Waals surface area contributed by atoms with Crippen LogP contribution in [-0.4, -0.2) is 5.66 Å². The van der Waals surface area contributed by atoms with E-state index in [0.717, 1.165) is 6.42 Å². The second kappa shape index (κ2) is 5.52. The lowest BCUT2D eigenvalue weighted by Crippen LogP contribution is -2.47. The van der Waals surface area contributed by atoms with E-state index in [-0.39, 0.29) is 0 Å². The van der Waals surface area contributed by atoms with Crippen LogP contribution in [0.5, 0.6) is 0 Å². The lowest BCUT2D eigenvalue weighted by atomic mass is 10.00. The molecule has 0 aromatic heterocycles. The highest BCUT2D eigenvalue weighted by atomic mass is 14.9. The molecule has 1 aliphatic carbocycles. The van der Waals surface area contributed by atoms with Gasteiger partial charge in [-0.3, -0.25) is 0 Å². The normalized spacial score (nSPS) is 16.8. The molecule has 0 atom stereocenters. The summed E-state index contributed by atoms with van der Waals surface area (Å²) in [5.74, 6) is 0. The third-order valence-electron chi connectivity index (χ3n) is 2.43. The number of benzene rings is 1. The SMILES string of the molecule is CC1=CCC(N)(N)C=C1.Nc1ccccc1N. The van der Waals surface area contributed by atoms with Gasteiger partial charge in [-0.15, -0.1) is 0 Å². The third kappa shape index (κ3) is 4.72. The van der Waals surface area contributed by atoms with E-state index in [9.17, 15) is 0 Å². The molecule has 0 aliphatic heterocycles. The minimum atomic E-state index is -0.598. The standard InChI is InChI=1S/C7H12N2.C6H8N2/c1-6-2-4-7(8,9)5-3-6;7-5-3-1-2-4-6(5)8/h2-4H,5,8-9H2,1H3;1-4H,7-8H2. The summed E-state index contributed by atoms with van der Waals surface area (Å²) < 4.78 is 0. The maximum Gasteiger partial charge on any atom is 0.0867 e. The van der Waals surface area contributed by atoms with E-state index < -0.39 is 5.66 Å². The fraction of sp³-hybridized carbons (Fsp3) is 0.231. The second-order valence-electron chi connectivity index (χ2n) is 4.23. The largest absolute Gasteiger partial charge is 0.397 e. The van der Waals surface area contributed by atoms with Crippen LogP contribution in [0.25, 0.3) is 0 Å². The van der Waals surface area contributed by atoms with Crippen LogP contribution in [0.1, 0.15) is 13.3 Å². The summed E-state index contributed by atoms with van der Waals surface area (Å²) in [6.45, 7) is 2.03. The molecule has 0 heterocycles. The Morgan fingerprint density at radius 3 is 1.88 bits per heavy atom. The maximum absolute atomic E-state index is 5.59. The first-order chi connectivity index (χ1) is 7.91. The summed E-state index contributed by atoms with van der Waals surface area (Å²) in [7, 11) is 0. The predicted octanol–water partition coefficient (Wildman–Crippen LogP) is 1.36. The van der Waals surface area contributed by atoms with E-state index in [1.54, 1.807) is 12.1 Å². The Morgan fingerprint density at radius 1 is 1.06 bits per heavy atom. The van der Waals surface area contributed by atoms with Crippen molar-refractivity contribution in [3.8, 4) is 0 Å². The van der Waals surface area contributed by atoms with Crippen molar-refractivity contribution < 1.29 is 0 Å². The lowest BCUT2D eigenvalue weighted by Gasteiger charge is -2.21. The number of anilines is 2. The number of nitrogens with two attached hydrogens (primary N) is 4. The van der Waals surface area contributed by atoms with Crippen molar-refractivity contribution in [2.45, 2.75) is 19.0 Å². The van der Waals surface area contributed by atoms with Crippen molar-refractivity contribution in [1.82, 2.24) is 0 Å². The number of para-hydroxylation sites is 2. The molecule has 0 spiro atoms. The minimum absolute atomic E-state index is 0.598. The van der Waals surface area contributed by atoms with Crippen LogP contribution in [0.3, 0.4) is 0 Å². The Labute approximate surface area is 102 Å². The third-order valence-corrected chi connectivity index (χ3v) is 2.43. The molecule has 1 aromatic rings. The zero-order valence-corrected chi connectivity index (χ0v) is 10.1. The summed E-state index contributed by atoms with van der Waals surface area (Å²) in [6, 6.07) is 7.25. The van der Waals surface area contributed by atoms with Gasteiger partial charge in [0.15, 0.2) is 0 Å². The van der Waals surface area contributed by atoms with Gasteiger partial charge in [0.1, 0.15) is 0 Å². The van der Waals surface area contributed by atoms with Gasteiger partial charge in [0.05, 0.1) is 17.0 Å². The molecule has 8 N–H and O–H groups in total. The highest BCUT2D eigenvalue weighted by molar-refractivity contribution is 5.62. The van der Waals surface area contributed by atoms with Crippen LogP contribution in [0, 0.1) is 0 Å². The highest BCUT2D eigenvalue weighted by Crippen LogP contribution is 2.12. The van der Waals surface area contributed by atoms with Gasteiger partial charge in [-0.25, -0.2) is 0 Å². The number of hydrogen-bond donors (Lipinski definition) is 4. The molecule has 4 nitrogen and oxygen atoms in total. The summed E-state index contributed by atoms with van der Waals surface area (Å²) in [4.78, 5) is 0. The van der Waals surface area contributed by atoms with Gasteiger partial charge in [-0.2, -0.15) is 0 Å². The van der Waals surface area contributed by atoms with Gasteiger partial charge >= 0.3 is 0 Å². The molecule has 1 aromatic carbocycles. The Kier molecular flexibility index (Phi) is 4.31. The highest BCUT2D eigenvalue weighted by Gasteiger charge is 2.14. The first kappa shape index (κ1) is 13.3. The molecule has 17 heavy (non-hydrogen) atoms. The summed E-state index contributed by atoms with van der Waals surface area (Å²) in [5, 5.41) is 0. The molecule has 0 saturated carbocycles. The van der Waals surface area contributed by atoms with Crippen LogP contribution < -0.4 is 22.9 Å². The zero-order chi connectivity index (χ0) is 12.9. The average Bonchev–Trinajstić information content (AvgIpc) is 2.28. The molecule has 0 unspecified atom stereocenters. The van der Waals surface area contributed by atoms with Gasteiger partial charge in [0, 0.05) is 6.42 Å². The van der Waals surface area contributed by atoms with Crippen molar-refractivity contribution in [1.29, 1.82) is 0 Å². The van der Waals surface area contributed by atoms with E-state index in [1.807, 2.05) is 37.3 Å². The van der Waals surface area contributed by atoms with Crippen LogP contribution in [0.4, 0.5) is 11.4 Å². The van der Waals surface area contributed by atoms with Gasteiger partial charge in [-0.1, -0.05) is 29.9 Å². The predicted molar refractivity (Wildman–Crippen MR) is 73.9 cm³/mol. The van der Waals surface area contributed by atoms with Gasteiger partial charge in [0.25, 0.3) is 0 Å². The van der Waals surface area contributed by atoms with Crippen LogP contribution in [0.2, 0.25) is 0 Å². The summed E-state index contributed by atoms with van der Waals surface area (Å²) in [5.41, 5.74) is 23.9. The first-order valence-electron chi connectivity index (χ1n) is 5.44. The molecule has 4 heteroatoms. The van der Waals surface area contributed by atoms with E-state index >= 15 is 0 Å². The Hall–Kier alpha value is -1.78. The van der Waals surface area contributed by atoms with E-state index in [0.29, 0.717) is 11.4 Å². The van der Waals surface area contributed by atoms with Crippen molar-refractivity contribution in [2.24, 2.45) is 11.5 Å². The molecule has 92 valence electrons. The molecule has 0 fully saturated rings.